The summed E-state index contributed by atoms with van der Waals surface area (Å²) in [5.74, 6) is 4.00. The Hall–Kier alpha value is -1.60. The fraction of sp³-hybridized carbons (Fsp3) is 0.417. The smallest absolute Gasteiger partial charge is 0.395 e. The molecule has 1 amide bonds. The van der Waals surface area contributed by atoms with E-state index >= 15 is 0 Å². The zero-order chi connectivity index (χ0) is 14.8. The molecule has 0 bridgehead atoms. The Balaban J connectivity index is 2.36. The molecule has 1 aliphatic rings. The molecule has 5 nitrogen and oxygen atoms in total. The molecule has 0 aromatic heterocycles. The van der Waals surface area contributed by atoms with Gasteiger partial charge in [0.15, 0.2) is 11.5 Å². The fourth-order valence-corrected chi connectivity index (χ4v) is 2.23. The third kappa shape index (κ3) is 2.94. The van der Waals surface area contributed by atoms with E-state index in [2.05, 4.69) is 9.47 Å². The number of nitrogens with one attached hydrogen (secondary N) is 1. The predicted octanol–water partition coefficient (Wildman–Crippen LogP) is 2.10. The predicted molar refractivity (Wildman–Crippen MR) is 67.7 cm³/mol. The number of fused-ring (bicyclic) bond motifs is 1. The molecule has 8 heteroatoms. The third-order valence-corrected chi connectivity index (χ3v) is 3.19. The first-order valence-corrected chi connectivity index (χ1v) is 6.47. The standard InChI is InChI=1S/C12H13ClF2N2O3/c13-6-2-4-8(11(18)17-16)7-3-1-5-9-10(7)20-12(14,15)19-9/h1,3,5,8H,2,4,6,16H2,(H,17,18). The van der Waals surface area contributed by atoms with Crippen LogP contribution in [0, 0.1) is 0 Å². The number of nitrogens with two attached hydrogens (primary N) is 1. The highest BCUT2D eigenvalue weighted by atomic mass is 35.5. The zero-order valence-corrected chi connectivity index (χ0v) is 11.1. The second-order valence-corrected chi connectivity index (χ2v) is 4.61. The first-order valence-electron chi connectivity index (χ1n) is 5.93. The van der Waals surface area contributed by atoms with E-state index in [9.17, 15) is 13.6 Å². The van der Waals surface area contributed by atoms with Crippen molar-refractivity contribution in [1.82, 2.24) is 5.43 Å². The number of rotatable bonds is 5. The van der Waals surface area contributed by atoms with E-state index in [1.54, 1.807) is 0 Å². The molecular weight excluding hydrogens is 294 g/mol. The van der Waals surface area contributed by atoms with Gasteiger partial charge < -0.3 is 9.47 Å². The largest absolute Gasteiger partial charge is 0.586 e. The van der Waals surface area contributed by atoms with Gasteiger partial charge in [0.05, 0.1) is 5.92 Å². The van der Waals surface area contributed by atoms with Gasteiger partial charge in [0.2, 0.25) is 5.91 Å². The van der Waals surface area contributed by atoms with E-state index in [1.165, 1.54) is 18.2 Å². The van der Waals surface area contributed by atoms with Gasteiger partial charge >= 0.3 is 6.29 Å². The lowest BCUT2D eigenvalue weighted by atomic mass is 9.92. The minimum Gasteiger partial charge on any atom is -0.395 e. The topological polar surface area (TPSA) is 73.6 Å². The van der Waals surface area contributed by atoms with E-state index in [0.717, 1.165) is 0 Å². The molecule has 1 unspecified atom stereocenters. The van der Waals surface area contributed by atoms with Crippen LogP contribution in [0.2, 0.25) is 0 Å². The molecule has 3 N–H and O–H groups in total. The minimum absolute atomic E-state index is 0.104. The van der Waals surface area contributed by atoms with Gasteiger partial charge in [0, 0.05) is 11.4 Å². The lowest BCUT2D eigenvalue weighted by Crippen LogP contribution is -2.35. The van der Waals surface area contributed by atoms with Crippen LogP contribution >= 0.6 is 11.6 Å². The van der Waals surface area contributed by atoms with Crippen molar-refractivity contribution in [3.63, 3.8) is 0 Å². The molecular formula is C12H13ClF2N2O3. The van der Waals surface area contributed by atoms with E-state index in [4.69, 9.17) is 17.4 Å². The highest BCUT2D eigenvalue weighted by Gasteiger charge is 2.45. The first-order chi connectivity index (χ1) is 9.48. The van der Waals surface area contributed by atoms with Gasteiger partial charge in [-0.2, -0.15) is 0 Å². The minimum atomic E-state index is -3.73. The van der Waals surface area contributed by atoms with Crippen molar-refractivity contribution in [2.45, 2.75) is 25.1 Å². The number of para-hydroxylation sites is 1. The van der Waals surface area contributed by atoms with Crippen molar-refractivity contribution in [3.05, 3.63) is 23.8 Å². The Kier molecular flexibility index (Phi) is 4.29. The van der Waals surface area contributed by atoms with Crippen molar-refractivity contribution in [1.29, 1.82) is 0 Å². The van der Waals surface area contributed by atoms with Gasteiger partial charge in [0.1, 0.15) is 0 Å². The average Bonchev–Trinajstić information content (AvgIpc) is 2.73. The van der Waals surface area contributed by atoms with Crippen LogP contribution in [0.5, 0.6) is 11.5 Å². The fourth-order valence-electron chi connectivity index (χ4n) is 2.07. The molecule has 0 saturated heterocycles. The number of amides is 1. The molecule has 1 atom stereocenters. The quantitative estimate of drug-likeness (QED) is 0.378. The highest BCUT2D eigenvalue weighted by molar-refractivity contribution is 6.17. The van der Waals surface area contributed by atoms with E-state index in [1.807, 2.05) is 5.43 Å². The number of carbonyl (C=O) groups excluding carboxylic acids is 1. The second-order valence-electron chi connectivity index (χ2n) is 4.23. The maximum absolute atomic E-state index is 13.1. The van der Waals surface area contributed by atoms with Gasteiger partial charge in [-0.15, -0.1) is 20.4 Å². The normalized spacial score (nSPS) is 16.8. The van der Waals surface area contributed by atoms with Crippen molar-refractivity contribution in [3.8, 4) is 11.5 Å². The Morgan fingerprint density at radius 1 is 1.45 bits per heavy atom. The number of halogens is 3. The van der Waals surface area contributed by atoms with Crippen LogP contribution in [-0.4, -0.2) is 18.1 Å². The summed E-state index contributed by atoms with van der Waals surface area (Å²) in [4.78, 5) is 11.8. The lowest BCUT2D eigenvalue weighted by molar-refractivity contribution is -0.287. The number of hydrogen-bond donors (Lipinski definition) is 2. The molecule has 0 fully saturated rings. The lowest BCUT2D eigenvalue weighted by Gasteiger charge is -2.16. The average molecular weight is 307 g/mol. The summed E-state index contributed by atoms with van der Waals surface area (Å²) >= 11 is 5.60. The zero-order valence-electron chi connectivity index (χ0n) is 10.4. The molecule has 2 rings (SSSR count). The van der Waals surface area contributed by atoms with E-state index in [-0.39, 0.29) is 11.5 Å². The molecule has 1 aromatic carbocycles. The maximum Gasteiger partial charge on any atom is 0.586 e. The third-order valence-electron chi connectivity index (χ3n) is 2.92. The summed E-state index contributed by atoms with van der Waals surface area (Å²) in [5.41, 5.74) is 2.32. The van der Waals surface area contributed by atoms with Crippen LogP contribution in [0.1, 0.15) is 24.3 Å². The van der Waals surface area contributed by atoms with Crippen LogP contribution in [0.15, 0.2) is 18.2 Å². The van der Waals surface area contributed by atoms with Crippen LogP contribution in [-0.2, 0) is 4.79 Å². The molecule has 20 heavy (non-hydrogen) atoms. The monoisotopic (exact) mass is 306 g/mol. The van der Waals surface area contributed by atoms with Crippen molar-refractivity contribution < 1.29 is 23.0 Å². The Morgan fingerprint density at radius 3 is 2.85 bits per heavy atom. The van der Waals surface area contributed by atoms with Crippen LogP contribution in [0.25, 0.3) is 0 Å². The molecule has 0 radical (unpaired) electrons. The number of benzene rings is 1. The summed E-state index contributed by atoms with van der Waals surface area (Å²) in [6, 6.07) is 4.38. The van der Waals surface area contributed by atoms with Gasteiger partial charge in [-0.05, 0) is 18.9 Å². The molecule has 110 valence electrons. The molecule has 1 heterocycles. The summed E-state index contributed by atoms with van der Waals surface area (Å²) in [6.45, 7) is 0. The van der Waals surface area contributed by atoms with Gasteiger partial charge in [-0.1, -0.05) is 12.1 Å². The number of ether oxygens (including phenoxy) is 2. The van der Waals surface area contributed by atoms with Crippen LogP contribution < -0.4 is 20.7 Å². The number of alkyl halides is 3. The molecule has 0 aliphatic carbocycles. The van der Waals surface area contributed by atoms with Crippen LogP contribution in [0.3, 0.4) is 0 Å². The Labute approximate surface area is 118 Å². The molecule has 1 aromatic rings. The summed E-state index contributed by atoms with van der Waals surface area (Å²) in [6.07, 6.45) is -2.84. The Bertz CT molecular complexity index is 513. The Morgan fingerprint density at radius 2 is 2.20 bits per heavy atom. The van der Waals surface area contributed by atoms with Crippen molar-refractivity contribution in [2.75, 3.05) is 5.88 Å². The van der Waals surface area contributed by atoms with E-state index in [0.29, 0.717) is 24.3 Å². The SMILES string of the molecule is NNC(=O)C(CCCCl)c1cccc2c1OC(F)(F)O2. The highest BCUT2D eigenvalue weighted by Crippen LogP contribution is 2.46. The summed E-state index contributed by atoms with van der Waals surface area (Å²) in [7, 11) is 0. The number of hydrazine groups is 1. The molecule has 1 aliphatic heterocycles. The van der Waals surface area contributed by atoms with Crippen molar-refractivity contribution >= 4 is 17.5 Å². The van der Waals surface area contributed by atoms with Crippen molar-refractivity contribution in [2.24, 2.45) is 5.84 Å². The number of carbonyl (C=O) groups is 1. The van der Waals surface area contributed by atoms with Gasteiger partial charge in [-0.3, -0.25) is 10.2 Å². The second kappa shape index (κ2) is 5.80. The van der Waals surface area contributed by atoms with Gasteiger partial charge in [0.25, 0.3) is 0 Å². The first kappa shape index (κ1) is 14.8. The molecule has 0 spiro atoms. The summed E-state index contributed by atoms with van der Waals surface area (Å²) in [5, 5.41) is 0. The van der Waals surface area contributed by atoms with Gasteiger partial charge in [-0.25, -0.2) is 5.84 Å². The van der Waals surface area contributed by atoms with Crippen LogP contribution in [0.4, 0.5) is 8.78 Å². The maximum atomic E-state index is 13.1. The van der Waals surface area contributed by atoms with E-state index < -0.39 is 18.1 Å². The number of hydrogen-bond acceptors (Lipinski definition) is 4. The molecule has 0 saturated carbocycles. The summed E-state index contributed by atoms with van der Waals surface area (Å²) < 4.78 is 35.1.